The Balaban J connectivity index is 1.86. The standard InChI is InChI=1S/C11H16F3NO2/c1-10(2,3)17-9(16)15-4-6-7(5-15)8(6)11(12,13)14/h6-8H,4-5H2,1-3H3/t6-,7-/m1/s1. The van der Waals surface area contributed by atoms with Gasteiger partial charge in [-0.1, -0.05) is 0 Å². The van der Waals surface area contributed by atoms with E-state index in [0.29, 0.717) is 0 Å². The number of hydrogen-bond acceptors (Lipinski definition) is 2. The molecule has 0 bridgehead atoms. The summed E-state index contributed by atoms with van der Waals surface area (Å²) in [4.78, 5) is 13.0. The topological polar surface area (TPSA) is 29.5 Å². The molecule has 2 aliphatic rings. The van der Waals surface area contributed by atoms with Crippen LogP contribution in [0.4, 0.5) is 18.0 Å². The zero-order chi connectivity index (χ0) is 13.0. The first-order chi connectivity index (χ1) is 7.59. The van der Waals surface area contributed by atoms with Crippen molar-refractivity contribution in [3.05, 3.63) is 0 Å². The molecule has 6 heteroatoms. The van der Waals surface area contributed by atoms with Crippen LogP contribution in [-0.4, -0.2) is 35.9 Å². The lowest BCUT2D eigenvalue weighted by Crippen LogP contribution is -2.38. The molecule has 2 fully saturated rings. The van der Waals surface area contributed by atoms with Gasteiger partial charge in [-0.2, -0.15) is 13.2 Å². The predicted molar refractivity (Wildman–Crippen MR) is 54.3 cm³/mol. The molecule has 0 aromatic carbocycles. The molecule has 1 heterocycles. The van der Waals surface area contributed by atoms with Crippen molar-refractivity contribution >= 4 is 6.09 Å². The summed E-state index contributed by atoms with van der Waals surface area (Å²) >= 11 is 0. The van der Waals surface area contributed by atoms with Crippen molar-refractivity contribution in [1.82, 2.24) is 4.90 Å². The maximum atomic E-state index is 12.4. The Labute approximate surface area is 97.9 Å². The molecule has 2 atom stereocenters. The highest BCUT2D eigenvalue weighted by atomic mass is 19.4. The van der Waals surface area contributed by atoms with Crippen molar-refractivity contribution in [1.29, 1.82) is 0 Å². The fraction of sp³-hybridized carbons (Fsp3) is 0.909. The van der Waals surface area contributed by atoms with Crippen LogP contribution in [0.3, 0.4) is 0 Å². The molecule has 17 heavy (non-hydrogen) atoms. The number of carbonyl (C=O) groups excluding carboxylic acids is 1. The van der Waals surface area contributed by atoms with Crippen LogP contribution in [0.2, 0.25) is 0 Å². The summed E-state index contributed by atoms with van der Waals surface area (Å²) in [6, 6.07) is 0. The van der Waals surface area contributed by atoms with E-state index < -0.39 is 35.6 Å². The summed E-state index contributed by atoms with van der Waals surface area (Å²) in [5.41, 5.74) is -0.604. The third-order valence-electron chi connectivity index (χ3n) is 3.22. The second-order valence-corrected chi connectivity index (χ2v) is 5.78. The number of hydrogen-bond donors (Lipinski definition) is 0. The number of amides is 1. The van der Waals surface area contributed by atoms with Gasteiger partial charge in [-0.25, -0.2) is 4.79 Å². The molecule has 1 amide bonds. The van der Waals surface area contributed by atoms with E-state index in [2.05, 4.69) is 0 Å². The van der Waals surface area contributed by atoms with Crippen molar-refractivity contribution in [3.8, 4) is 0 Å². The smallest absolute Gasteiger partial charge is 0.410 e. The van der Waals surface area contributed by atoms with E-state index >= 15 is 0 Å². The van der Waals surface area contributed by atoms with Gasteiger partial charge >= 0.3 is 12.3 Å². The van der Waals surface area contributed by atoms with Gasteiger partial charge in [-0.3, -0.25) is 0 Å². The number of likely N-dealkylation sites (tertiary alicyclic amines) is 1. The normalized spacial score (nSPS) is 32.4. The Bertz CT molecular complexity index is 323. The third kappa shape index (κ3) is 2.50. The monoisotopic (exact) mass is 251 g/mol. The van der Waals surface area contributed by atoms with E-state index in [1.54, 1.807) is 20.8 Å². The van der Waals surface area contributed by atoms with Gasteiger partial charge in [0, 0.05) is 13.1 Å². The molecule has 0 radical (unpaired) electrons. The number of rotatable bonds is 0. The minimum absolute atomic E-state index is 0.170. The lowest BCUT2D eigenvalue weighted by Gasteiger charge is -2.26. The molecule has 0 aromatic rings. The van der Waals surface area contributed by atoms with Crippen molar-refractivity contribution in [2.24, 2.45) is 17.8 Å². The summed E-state index contributed by atoms with van der Waals surface area (Å²) in [6.07, 6.45) is -4.62. The van der Waals surface area contributed by atoms with Crippen molar-refractivity contribution in [3.63, 3.8) is 0 Å². The van der Waals surface area contributed by atoms with Gasteiger partial charge in [-0.05, 0) is 32.6 Å². The quantitative estimate of drug-likeness (QED) is 0.662. The second-order valence-electron chi connectivity index (χ2n) is 5.78. The van der Waals surface area contributed by atoms with Crippen molar-refractivity contribution in [2.45, 2.75) is 32.5 Å². The summed E-state index contributed by atoms with van der Waals surface area (Å²) in [5.74, 6) is -2.04. The average molecular weight is 251 g/mol. The van der Waals surface area contributed by atoms with E-state index in [0.717, 1.165) is 0 Å². The number of piperidine rings is 1. The minimum atomic E-state index is -4.12. The highest BCUT2D eigenvalue weighted by Crippen LogP contribution is 2.59. The van der Waals surface area contributed by atoms with Gasteiger partial charge in [0.15, 0.2) is 0 Å². The molecule has 1 saturated carbocycles. The number of nitrogens with zero attached hydrogens (tertiary/aromatic N) is 1. The molecular weight excluding hydrogens is 235 g/mol. The fourth-order valence-corrected chi connectivity index (χ4v) is 2.49. The zero-order valence-electron chi connectivity index (χ0n) is 10.0. The van der Waals surface area contributed by atoms with Gasteiger partial charge in [0.25, 0.3) is 0 Å². The SMILES string of the molecule is CC(C)(C)OC(=O)N1C[C@H]2C(C(F)(F)F)[C@@H]2C1. The van der Waals surface area contributed by atoms with Crippen molar-refractivity contribution in [2.75, 3.05) is 13.1 Å². The first kappa shape index (κ1) is 12.5. The van der Waals surface area contributed by atoms with Crippen LogP contribution in [0, 0.1) is 17.8 Å². The van der Waals surface area contributed by atoms with E-state index in [1.807, 2.05) is 0 Å². The molecular formula is C11H16F3NO2. The predicted octanol–water partition coefficient (Wildman–Crippen LogP) is 2.66. The summed E-state index contributed by atoms with van der Waals surface area (Å²) in [6.45, 7) is 5.55. The van der Waals surface area contributed by atoms with Gasteiger partial charge in [0.2, 0.25) is 0 Å². The van der Waals surface area contributed by atoms with Crippen molar-refractivity contribution < 1.29 is 22.7 Å². The van der Waals surface area contributed by atoms with E-state index in [9.17, 15) is 18.0 Å². The molecule has 0 spiro atoms. The lowest BCUT2D eigenvalue weighted by molar-refractivity contribution is -0.156. The molecule has 0 unspecified atom stereocenters. The number of fused-ring (bicyclic) bond motifs is 1. The van der Waals surface area contributed by atoms with Crippen LogP contribution >= 0.6 is 0 Å². The summed E-state index contributed by atoms with van der Waals surface area (Å²) in [7, 11) is 0. The van der Waals surface area contributed by atoms with Crippen LogP contribution in [0.1, 0.15) is 20.8 Å². The molecule has 98 valence electrons. The second kappa shape index (κ2) is 3.53. The first-order valence-corrected chi connectivity index (χ1v) is 5.64. The number of halogens is 3. The summed E-state index contributed by atoms with van der Waals surface area (Å²) < 4.78 is 42.4. The highest BCUT2D eigenvalue weighted by Gasteiger charge is 2.68. The van der Waals surface area contributed by atoms with Crippen LogP contribution in [0.15, 0.2) is 0 Å². The van der Waals surface area contributed by atoms with Gasteiger partial charge in [-0.15, -0.1) is 0 Å². The zero-order valence-corrected chi connectivity index (χ0v) is 10.0. The summed E-state index contributed by atoms with van der Waals surface area (Å²) in [5, 5.41) is 0. The van der Waals surface area contributed by atoms with Crippen LogP contribution in [0.25, 0.3) is 0 Å². The van der Waals surface area contributed by atoms with E-state index in [-0.39, 0.29) is 13.1 Å². The Kier molecular flexibility index (Phi) is 2.60. The molecule has 1 aliphatic carbocycles. The molecule has 3 nitrogen and oxygen atoms in total. The number of alkyl halides is 3. The van der Waals surface area contributed by atoms with Gasteiger partial charge < -0.3 is 9.64 Å². The molecule has 1 saturated heterocycles. The molecule has 0 aromatic heterocycles. The van der Waals surface area contributed by atoms with Crippen LogP contribution < -0.4 is 0 Å². The number of carbonyl (C=O) groups is 1. The highest BCUT2D eigenvalue weighted by molar-refractivity contribution is 5.69. The first-order valence-electron chi connectivity index (χ1n) is 5.64. The van der Waals surface area contributed by atoms with E-state index in [4.69, 9.17) is 4.74 Å². The van der Waals surface area contributed by atoms with E-state index in [1.165, 1.54) is 4.90 Å². The molecule has 0 N–H and O–H groups in total. The Morgan fingerprint density at radius 1 is 1.18 bits per heavy atom. The molecule has 2 rings (SSSR count). The fourth-order valence-electron chi connectivity index (χ4n) is 2.49. The molecule has 1 aliphatic heterocycles. The van der Waals surface area contributed by atoms with Gasteiger partial charge in [0.1, 0.15) is 5.60 Å². The third-order valence-corrected chi connectivity index (χ3v) is 3.22. The minimum Gasteiger partial charge on any atom is -0.444 e. The Morgan fingerprint density at radius 2 is 1.65 bits per heavy atom. The number of ether oxygens (including phenoxy) is 1. The van der Waals surface area contributed by atoms with Gasteiger partial charge in [0.05, 0.1) is 5.92 Å². The lowest BCUT2D eigenvalue weighted by atomic mass is 10.2. The Morgan fingerprint density at radius 3 is 2.00 bits per heavy atom. The maximum absolute atomic E-state index is 12.4. The largest absolute Gasteiger partial charge is 0.444 e. The van der Waals surface area contributed by atoms with Crippen LogP contribution in [-0.2, 0) is 4.74 Å². The Hall–Kier alpha value is -0.940. The maximum Gasteiger partial charge on any atom is 0.410 e. The van der Waals surface area contributed by atoms with Crippen LogP contribution in [0.5, 0.6) is 0 Å². The average Bonchev–Trinajstić information content (AvgIpc) is 2.61.